The Hall–Kier alpha value is -0.440. The number of nitrogens with one attached hydrogen (secondary N) is 1. The minimum atomic E-state index is 0.608. The Morgan fingerprint density at radius 1 is 1.11 bits per heavy atom. The molecule has 0 aliphatic heterocycles. The highest BCUT2D eigenvalue weighted by Crippen LogP contribution is 2.24. The number of hydrogen-bond donors (Lipinski definition) is 1. The molecule has 0 bridgehead atoms. The highest BCUT2D eigenvalue weighted by molar-refractivity contribution is 6.34. The van der Waals surface area contributed by atoms with Crippen molar-refractivity contribution < 1.29 is 4.74 Å². The first kappa shape index (κ1) is 14.0. The van der Waals surface area contributed by atoms with Crippen LogP contribution < -0.4 is 10.1 Å². The number of hydrogen-bond acceptors (Lipinski definition) is 2. The lowest BCUT2D eigenvalue weighted by Crippen LogP contribution is -2.26. The van der Waals surface area contributed by atoms with Crippen molar-refractivity contribution in [3.05, 3.63) is 28.2 Å². The number of ether oxygens (including phenoxy) is 1. The van der Waals surface area contributed by atoms with Gasteiger partial charge in [0, 0.05) is 16.6 Å². The van der Waals surface area contributed by atoms with Crippen LogP contribution in [0.5, 0.6) is 5.75 Å². The van der Waals surface area contributed by atoms with Crippen LogP contribution >= 0.6 is 23.2 Å². The summed E-state index contributed by atoms with van der Waals surface area (Å²) in [5, 5.41) is 4.65. The van der Waals surface area contributed by atoms with Gasteiger partial charge in [0.25, 0.3) is 0 Å². The van der Waals surface area contributed by atoms with Crippen molar-refractivity contribution >= 4 is 23.2 Å². The third-order valence-electron chi connectivity index (χ3n) is 3.29. The van der Waals surface area contributed by atoms with Crippen molar-refractivity contribution in [2.45, 2.75) is 25.7 Å². The van der Waals surface area contributed by atoms with Crippen LogP contribution in [0.3, 0.4) is 0 Å². The van der Waals surface area contributed by atoms with Crippen LogP contribution in [0.2, 0.25) is 10.0 Å². The van der Waals surface area contributed by atoms with Crippen molar-refractivity contribution in [3.63, 3.8) is 0 Å². The molecule has 0 saturated heterocycles. The van der Waals surface area contributed by atoms with Crippen LogP contribution in [-0.2, 0) is 0 Å². The first-order valence-electron chi connectivity index (χ1n) is 6.53. The van der Waals surface area contributed by atoms with Crippen molar-refractivity contribution in [2.75, 3.05) is 19.7 Å². The second kappa shape index (κ2) is 7.22. The lowest BCUT2D eigenvalue weighted by Gasteiger charge is -2.11. The monoisotopic (exact) mass is 287 g/mol. The minimum absolute atomic E-state index is 0.608. The number of rotatable bonds is 6. The zero-order chi connectivity index (χ0) is 12.8. The topological polar surface area (TPSA) is 21.3 Å². The molecule has 2 nitrogen and oxygen atoms in total. The van der Waals surface area contributed by atoms with Crippen molar-refractivity contribution in [1.29, 1.82) is 0 Å². The van der Waals surface area contributed by atoms with E-state index < -0.39 is 0 Å². The molecule has 0 amide bonds. The highest BCUT2D eigenvalue weighted by atomic mass is 35.5. The van der Waals surface area contributed by atoms with E-state index in [4.69, 9.17) is 27.9 Å². The molecule has 0 unspecified atom stereocenters. The first-order valence-corrected chi connectivity index (χ1v) is 7.29. The fraction of sp³-hybridized carbons (Fsp3) is 0.571. The van der Waals surface area contributed by atoms with Gasteiger partial charge in [-0.1, -0.05) is 36.0 Å². The fourth-order valence-corrected chi connectivity index (χ4v) is 2.88. The lowest BCUT2D eigenvalue weighted by molar-refractivity contribution is 0.309. The van der Waals surface area contributed by atoms with Gasteiger partial charge in [0.2, 0.25) is 0 Å². The van der Waals surface area contributed by atoms with E-state index in [9.17, 15) is 0 Å². The minimum Gasteiger partial charge on any atom is -0.492 e. The van der Waals surface area contributed by atoms with E-state index in [1.165, 1.54) is 25.7 Å². The molecule has 0 radical (unpaired) electrons. The van der Waals surface area contributed by atoms with E-state index in [-0.39, 0.29) is 0 Å². The average Bonchev–Trinajstić information content (AvgIpc) is 2.80. The van der Waals surface area contributed by atoms with Crippen LogP contribution in [0.25, 0.3) is 0 Å². The van der Waals surface area contributed by atoms with Gasteiger partial charge < -0.3 is 10.1 Å². The molecule has 0 atom stereocenters. The molecule has 4 heteroatoms. The molecule has 100 valence electrons. The van der Waals surface area contributed by atoms with Crippen LogP contribution in [-0.4, -0.2) is 19.7 Å². The number of benzene rings is 1. The van der Waals surface area contributed by atoms with E-state index in [0.717, 1.165) is 24.8 Å². The Balaban J connectivity index is 1.62. The quantitative estimate of drug-likeness (QED) is 0.794. The molecule has 1 aromatic rings. The summed E-state index contributed by atoms with van der Waals surface area (Å²) >= 11 is 11.8. The standard InChI is InChI=1S/C14H19Cl2NO/c15-12-7-13(16)9-14(8-12)18-6-5-17-10-11-3-1-2-4-11/h7-9,11,17H,1-6,10H2. The van der Waals surface area contributed by atoms with Crippen molar-refractivity contribution in [1.82, 2.24) is 5.32 Å². The maximum absolute atomic E-state index is 5.90. The Kier molecular flexibility index (Phi) is 5.61. The predicted molar refractivity (Wildman–Crippen MR) is 76.8 cm³/mol. The maximum Gasteiger partial charge on any atom is 0.122 e. The Morgan fingerprint density at radius 3 is 2.44 bits per heavy atom. The van der Waals surface area contributed by atoms with Crippen molar-refractivity contribution in [3.8, 4) is 5.75 Å². The van der Waals surface area contributed by atoms with E-state index in [0.29, 0.717) is 16.7 Å². The Labute approximate surface area is 119 Å². The molecule has 18 heavy (non-hydrogen) atoms. The van der Waals surface area contributed by atoms with Crippen LogP contribution in [0.1, 0.15) is 25.7 Å². The molecule has 1 fully saturated rings. The zero-order valence-corrected chi connectivity index (χ0v) is 11.9. The van der Waals surface area contributed by atoms with Gasteiger partial charge in [-0.25, -0.2) is 0 Å². The van der Waals surface area contributed by atoms with Gasteiger partial charge >= 0.3 is 0 Å². The van der Waals surface area contributed by atoms with Gasteiger partial charge in [-0.2, -0.15) is 0 Å². The van der Waals surface area contributed by atoms with Gasteiger partial charge in [-0.05, 0) is 43.5 Å². The molecule has 0 heterocycles. The molecule has 1 aliphatic rings. The van der Waals surface area contributed by atoms with Crippen molar-refractivity contribution in [2.24, 2.45) is 5.92 Å². The second-order valence-corrected chi connectivity index (χ2v) is 5.68. The SMILES string of the molecule is Clc1cc(Cl)cc(OCCNCC2CCCC2)c1. The van der Waals surface area contributed by atoms with Crippen LogP contribution in [0.4, 0.5) is 0 Å². The van der Waals surface area contributed by atoms with Gasteiger partial charge in [-0.3, -0.25) is 0 Å². The second-order valence-electron chi connectivity index (χ2n) is 4.81. The fourth-order valence-electron chi connectivity index (χ4n) is 2.37. The van der Waals surface area contributed by atoms with E-state index in [1.807, 2.05) is 0 Å². The van der Waals surface area contributed by atoms with Gasteiger partial charge in [0.15, 0.2) is 0 Å². The summed E-state index contributed by atoms with van der Waals surface area (Å²) < 4.78 is 5.60. The Bertz CT molecular complexity index is 358. The largest absolute Gasteiger partial charge is 0.492 e. The predicted octanol–water partition coefficient (Wildman–Crippen LogP) is 4.15. The molecule has 1 N–H and O–H groups in total. The third-order valence-corrected chi connectivity index (χ3v) is 3.73. The molecular weight excluding hydrogens is 269 g/mol. The van der Waals surface area contributed by atoms with Gasteiger partial charge in [0.05, 0.1) is 0 Å². The maximum atomic E-state index is 5.90. The Morgan fingerprint density at radius 2 is 1.78 bits per heavy atom. The average molecular weight is 288 g/mol. The molecule has 0 aromatic heterocycles. The highest BCUT2D eigenvalue weighted by Gasteiger charge is 2.13. The lowest BCUT2D eigenvalue weighted by atomic mass is 10.1. The molecule has 1 aliphatic carbocycles. The van der Waals surface area contributed by atoms with Gasteiger partial charge in [0.1, 0.15) is 12.4 Å². The summed E-state index contributed by atoms with van der Waals surface area (Å²) in [5.74, 6) is 1.60. The van der Waals surface area contributed by atoms with Crippen LogP contribution in [0.15, 0.2) is 18.2 Å². The van der Waals surface area contributed by atoms with E-state index in [1.54, 1.807) is 18.2 Å². The molecule has 2 rings (SSSR count). The normalized spacial score (nSPS) is 16.1. The van der Waals surface area contributed by atoms with E-state index in [2.05, 4.69) is 5.32 Å². The third kappa shape index (κ3) is 4.68. The molecule has 1 aromatic carbocycles. The molecule has 0 spiro atoms. The summed E-state index contributed by atoms with van der Waals surface area (Å²) in [5.41, 5.74) is 0. The van der Waals surface area contributed by atoms with E-state index >= 15 is 0 Å². The van der Waals surface area contributed by atoms with Crippen LogP contribution in [0, 0.1) is 5.92 Å². The summed E-state index contributed by atoms with van der Waals surface area (Å²) in [4.78, 5) is 0. The number of halogens is 2. The molecular formula is C14H19Cl2NO. The summed E-state index contributed by atoms with van der Waals surface area (Å²) in [6.07, 6.45) is 5.53. The first-order chi connectivity index (χ1) is 8.74. The molecule has 1 saturated carbocycles. The summed E-state index contributed by atoms with van der Waals surface area (Å²) in [6.45, 7) is 2.61. The smallest absolute Gasteiger partial charge is 0.122 e. The summed E-state index contributed by atoms with van der Waals surface area (Å²) in [6, 6.07) is 5.27. The van der Waals surface area contributed by atoms with Gasteiger partial charge in [-0.15, -0.1) is 0 Å². The summed E-state index contributed by atoms with van der Waals surface area (Å²) in [7, 11) is 0. The zero-order valence-electron chi connectivity index (χ0n) is 10.4.